The zero-order valence-corrected chi connectivity index (χ0v) is 66.3. The number of esters is 1. The number of carbonyl (C=O) groups is 5. The molecule has 3 unspecified atom stereocenters. The fourth-order valence-electron chi connectivity index (χ4n) is 17.4. The molecule has 5 aromatic heterocycles. The number of carbonyl (C=O) groups excluding carboxylic acids is 5. The Bertz CT molecular complexity index is 4670. The summed E-state index contributed by atoms with van der Waals surface area (Å²) in [5.41, 5.74) is 7.43. The van der Waals surface area contributed by atoms with Crippen LogP contribution in [0.4, 0.5) is 23.1 Å². The maximum atomic E-state index is 15.0. The molecule has 3 aromatic carbocycles. The average Bonchev–Trinajstić information content (AvgIpc) is 0.983. The number of aryl methyl sites for hydroxylation is 2. The van der Waals surface area contributed by atoms with Gasteiger partial charge in [-0.05, 0) is 180 Å². The molecule has 4 saturated carbocycles. The van der Waals surface area contributed by atoms with Gasteiger partial charge in [-0.15, -0.1) is 15.3 Å². The Labute approximate surface area is 641 Å². The standard InChI is InChI=1S/C80H103N15O12SSi/c1-54-39-68(87-88-72(54)85-76-94(53-105-37-38-109(8,9)10)64-19-12-13-20-66(64)108-76)92(30-15-11-14-29-91-41-57(86-89-91)44-103-35-33-102-34-36-104-45-70(97)82-63-18-16-17-60-62(63)42-93(74(60)99)65-26-28-69(96)84-73(65)98)67-27-25-59(71(83-67)75(100)106-43-56-21-23-58(101-7)24-22-56)61-40-81-95(55(61)2)52-79-47-77(3)46-78(4,48-79)50-80(49-77,51-79)107-32-31-90(5)6/h12-13,16-25,27,39-41,65H,11,14-15,26,28-38,42-53H2,1-10H3,(H,82,97)(H,84,96,98)/b85-76-. The topological polar surface area (TPSA) is 288 Å². The molecule has 4 amide bonds. The van der Waals surface area contributed by atoms with E-state index < -0.39 is 31.9 Å². The summed E-state index contributed by atoms with van der Waals surface area (Å²) >= 11 is 1.58. The Morgan fingerprint density at radius 2 is 1.56 bits per heavy atom. The fourth-order valence-corrected chi connectivity index (χ4v) is 19.2. The lowest BCUT2D eigenvalue weighted by atomic mass is 9.39. The van der Waals surface area contributed by atoms with E-state index in [0.717, 1.165) is 101 Å². The quantitative estimate of drug-likeness (QED) is 0.0158. The number of pyridine rings is 1. The summed E-state index contributed by atoms with van der Waals surface area (Å²) in [6.45, 7) is 21.6. The number of benzene rings is 3. The first kappa shape index (κ1) is 78.2. The molecule has 109 heavy (non-hydrogen) atoms. The fraction of sp³-hybridized carbons (Fsp3) is 0.525. The lowest BCUT2D eigenvalue weighted by Gasteiger charge is -2.69. The molecule has 2 aliphatic heterocycles. The van der Waals surface area contributed by atoms with Gasteiger partial charge in [0.05, 0.1) is 75.0 Å². The summed E-state index contributed by atoms with van der Waals surface area (Å²) in [6, 6.07) is 26.9. The van der Waals surface area contributed by atoms with E-state index in [1.165, 1.54) is 11.3 Å². The minimum absolute atomic E-state index is 0.0116. The summed E-state index contributed by atoms with van der Waals surface area (Å²) < 4.78 is 49.3. The van der Waals surface area contributed by atoms with Gasteiger partial charge in [0.25, 0.3) is 5.91 Å². The molecule has 4 bridgehead atoms. The number of amides is 4. The Hall–Kier alpha value is -8.94. The van der Waals surface area contributed by atoms with Crippen LogP contribution in [-0.2, 0) is 82.4 Å². The van der Waals surface area contributed by atoms with E-state index in [1.54, 1.807) is 36.6 Å². The van der Waals surface area contributed by atoms with E-state index in [0.29, 0.717) is 97.3 Å². The smallest absolute Gasteiger partial charge is 0.358 e. The number of nitrogens with one attached hydrogen (secondary N) is 2. The van der Waals surface area contributed by atoms with Gasteiger partial charge in [0.15, 0.2) is 22.1 Å². The molecular weight excluding hydrogens is 1420 g/mol. The number of piperidine rings is 1. The van der Waals surface area contributed by atoms with E-state index in [-0.39, 0.29) is 98.4 Å². The molecule has 8 aromatic rings. The van der Waals surface area contributed by atoms with Crippen LogP contribution in [0.15, 0.2) is 102 Å². The van der Waals surface area contributed by atoms with Crippen molar-refractivity contribution >= 4 is 82.4 Å². The molecular formula is C80H103N15O12SSi. The second-order valence-electron chi connectivity index (χ2n) is 32.4. The third kappa shape index (κ3) is 18.9. The number of likely N-dealkylation sites (N-methyl/N-ethyl adjacent to an activating group) is 1. The Morgan fingerprint density at radius 3 is 2.32 bits per heavy atom. The van der Waals surface area contributed by atoms with Crippen LogP contribution in [0.3, 0.4) is 0 Å². The van der Waals surface area contributed by atoms with Gasteiger partial charge in [-0.2, -0.15) is 10.1 Å². The summed E-state index contributed by atoms with van der Waals surface area (Å²) in [6.07, 6.45) is 13.0. The van der Waals surface area contributed by atoms with Crippen molar-refractivity contribution in [2.75, 3.05) is 90.8 Å². The van der Waals surface area contributed by atoms with Crippen LogP contribution in [0.2, 0.25) is 25.7 Å². The number of thiazole rings is 1. The maximum absolute atomic E-state index is 15.0. The van der Waals surface area contributed by atoms with Gasteiger partial charge in [-0.1, -0.05) is 80.4 Å². The molecule has 6 aliphatic rings. The van der Waals surface area contributed by atoms with Gasteiger partial charge < -0.3 is 53.2 Å². The largest absolute Gasteiger partial charge is 0.497 e. The van der Waals surface area contributed by atoms with Crippen molar-refractivity contribution in [1.29, 1.82) is 0 Å². The zero-order valence-electron chi connectivity index (χ0n) is 64.5. The number of rotatable bonds is 37. The van der Waals surface area contributed by atoms with E-state index in [1.807, 2.05) is 83.5 Å². The maximum Gasteiger partial charge on any atom is 0.358 e. The first-order valence-electron chi connectivity index (χ1n) is 38.0. The Kier molecular flexibility index (Phi) is 24.2. The number of unbranched alkanes of at least 4 members (excludes halogenated alkanes) is 2. The molecule has 4 aliphatic carbocycles. The van der Waals surface area contributed by atoms with Gasteiger partial charge in [0, 0.05) is 87.5 Å². The molecule has 27 nitrogen and oxygen atoms in total. The van der Waals surface area contributed by atoms with Gasteiger partial charge in [-0.3, -0.25) is 38.4 Å². The normalized spacial score (nSPS) is 21.1. The van der Waals surface area contributed by atoms with Crippen molar-refractivity contribution in [2.45, 2.75) is 175 Å². The summed E-state index contributed by atoms with van der Waals surface area (Å²) in [4.78, 5) is 82.3. The lowest BCUT2D eigenvalue weighted by molar-refractivity contribution is -0.248. The van der Waals surface area contributed by atoms with Gasteiger partial charge in [0.2, 0.25) is 17.7 Å². The third-order valence-corrected chi connectivity index (χ3v) is 24.3. The monoisotopic (exact) mass is 1530 g/mol. The van der Waals surface area contributed by atoms with E-state index in [2.05, 4.69) is 102 Å². The average molecular weight is 1530 g/mol. The summed E-state index contributed by atoms with van der Waals surface area (Å²) in [5.74, 6) is 0.0289. The van der Waals surface area contributed by atoms with Gasteiger partial charge in [0.1, 0.15) is 43.2 Å². The van der Waals surface area contributed by atoms with Crippen LogP contribution in [0.5, 0.6) is 5.75 Å². The number of nitrogens with zero attached hydrogens (tertiary/aromatic N) is 13. The minimum atomic E-state index is -1.32. The Morgan fingerprint density at radius 1 is 0.780 bits per heavy atom. The van der Waals surface area contributed by atoms with Crippen molar-refractivity contribution in [3.05, 3.63) is 141 Å². The number of hydrogen-bond acceptors (Lipinski definition) is 22. The number of para-hydroxylation sites is 1. The van der Waals surface area contributed by atoms with Crippen LogP contribution in [0.25, 0.3) is 21.3 Å². The summed E-state index contributed by atoms with van der Waals surface area (Å²) in [7, 11) is 4.50. The molecule has 1 saturated heterocycles. The van der Waals surface area contributed by atoms with Crippen molar-refractivity contribution < 1.29 is 57.1 Å². The number of fused-ring (bicyclic) bond motifs is 2. The number of hydrogen-bond donors (Lipinski definition) is 2. The van der Waals surface area contributed by atoms with Crippen LogP contribution >= 0.6 is 11.3 Å². The molecule has 580 valence electrons. The summed E-state index contributed by atoms with van der Waals surface area (Å²) in [5, 5.41) is 28.8. The number of ether oxygens (including phenoxy) is 7. The van der Waals surface area contributed by atoms with E-state index in [4.69, 9.17) is 58.4 Å². The predicted octanol–water partition coefficient (Wildman–Crippen LogP) is 11.5. The van der Waals surface area contributed by atoms with Crippen LogP contribution in [0.1, 0.15) is 133 Å². The highest BCUT2D eigenvalue weighted by molar-refractivity contribution is 7.16. The second kappa shape index (κ2) is 33.7. The first-order chi connectivity index (χ1) is 52.3. The van der Waals surface area contributed by atoms with E-state index >= 15 is 4.79 Å². The third-order valence-electron chi connectivity index (χ3n) is 21.5. The van der Waals surface area contributed by atoms with Crippen LogP contribution < -0.4 is 25.1 Å². The minimum Gasteiger partial charge on any atom is -0.497 e. The van der Waals surface area contributed by atoms with Crippen molar-refractivity contribution in [2.24, 2.45) is 21.2 Å². The van der Waals surface area contributed by atoms with Gasteiger partial charge in [-0.25, -0.2) is 9.78 Å². The highest BCUT2D eigenvalue weighted by Crippen LogP contribution is 2.72. The number of aromatic nitrogens is 9. The number of methoxy groups -OCH3 is 1. The number of imide groups is 1. The van der Waals surface area contributed by atoms with E-state index in [9.17, 15) is 19.2 Å². The molecule has 0 spiro atoms. The molecule has 5 fully saturated rings. The van der Waals surface area contributed by atoms with Crippen molar-refractivity contribution in [1.82, 2.24) is 59.6 Å². The highest BCUT2D eigenvalue weighted by atomic mass is 32.1. The highest BCUT2D eigenvalue weighted by Gasteiger charge is 2.66. The predicted molar refractivity (Wildman–Crippen MR) is 415 cm³/mol. The van der Waals surface area contributed by atoms with Crippen LogP contribution in [-0.4, -0.2) is 184 Å². The second-order valence-corrected chi connectivity index (χ2v) is 39.1. The molecule has 2 N–H and O–H groups in total. The Balaban J connectivity index is 0.673. The zero-order chi connectivity index (χ0) is 76.7. The van der Waals surface area contributed by atoms with Crippen molar-refractivity contribution in [3.63, 3.8) is 0 Å². The molecule has 7 heterocycles. The molecule has 29 heteroatoms. The lowest BCUT2D eigenvalue weighted by Crippen LogP contribution is -2.64. The number of anilines is 3. The first-order valence-corrected chi connectivity index (χ1v) is 42.5. The van der Waals surface area contributed by atoms with Gasteiger partial charge >= 0.3 is 5.97 Å². The SMILES string of the molecule is COc1ccc(COC(=O)c2nc(N(CCCCCn3cc(COCCOCCOCC(=O)Nc4cccc5c4CN(C4CCC(=O)NC4=O)C5=O)nn3)c3cc(C)c(/N=c4\sc5ccccc5n4COCC[Si](C)(C)C)nn3)ccc2-c2cnn(CC34CC5(C)CC(C)(C3)CC(OCCN(C)C)(C5)C4)c2C)cc1. The van der Waals surface area contributed by atoms with Crippen LogP contribution in [0, 0.1) is 30.1 Å². The molecule has 14 rings (SSSR count). The van der Waals surface area contributed by atoms with Crippen molar-refractivity contribution in [3.8, 4) is 16.9 Å². The molecule has 0 radical (unpaired) electrons. The molecule has 3 atom stereocenters.